The first kappa shape index (κ1) is 12.8. The third kappa shape index (κ3) is 3.69. The lowest BCUT2D eigenvalue weighted by molar-refractivity contribution is -0.117. The van der Waals surface area contributed by atoms with Crippen LogP contribution in [0.15, 0.2) is 18.2 Å². The topological polar surface area (TPSA) is 26.3 Å². The Balaban J connectivity index is 2.70. The summed E-state index contributed by atoms with van der Waals surface area (Å²) in [6.07, 6.45) is 0.478. The molecule has 0 radical (unpaired) electrons. The molecule has 0 saturated carbocycles. The molecule has 2 heteroatoms. The van der Waals surface area contributed by atoms with Gasteiger partial charge in [-0.2, -0.15) is 0 Å². The van der Waals surface area contributed by atoms with Crippen LogP contribution < -0.4 is 4.74 Å². The fourth-order valence-electron chi connectivity index (χ4n) is 1.44. The highest BCUT2D eigenvalue weighted by Crippen LogP contribution is 2.24. The molecular formula is C14H20O2. The number of carbonyl (C=O) groups excluding carboxylic acids is 1. The van der Waals surface area contributed by atoms with Crippen LogP contribution in [0.25, 0.3) is 0 Å². The molecule has 0 heterocycles. The first-order valence-electron chi connectivity index (χ1n) is 5.73. The lowest BCUT2D eigenvalue weighted by Gasteiger charge is -2.12. The van der Waals surface area contributed by atoms with E-state index in [2.05, 4.69) is 32.0 Å². The number of carbonyl (C=O) groups is 1. The molecule has 1 aromatic rings. The smallest absolute Gasteiger partial charge is 0.133 e. The zero-order valence-corrected chi connectivity index (χ0v) is 10.5. The molecule has 88 valence electrons. The van der Waals surface area contributed by atoms with E-state index in [-0.39, 0.29) is 5.78 Å². The summed E-state index contributed by atoms with van der Waals surface area (Å²) < 4.78 is 5.62. The van der Waals surface area contributed by atoms with E-state index in [1.807, 2.05) is 6.92 Å². The first-order valence-corrected chi connectivity index (χ1v) is 5.73. The summed E-state index contributed by atoms with van der Waals surface area (Å²) in [7, 11) is 0. The van der Waals surface area contributed by atoms with Gasteiger partial charge in [0.15, 0.2) is 0 Å². The second-order valence-corrected chi connectivity index (χ2v) is 4.48. The number of ether oxygens (including phenoxy) is 1. The zero-order valence-electron chi connectivity index (χ0n) is 10.5. The molecule has 0 N–H and O–H groups in total. The van der Waals surface area contributed by atoms with Crippen LogP contribution in [0, 0.1) is 6.92 Å². The summed E-state index contributed by atoms with van der Waals surface area (Å²) in [6.45, 7) is 8.39. The number of hydrogen-bond donors (Lipinski definition) is 0. The highest BCUT2D eigenvalue weighted by Gasteiger charge is 2.05. The van der Waals surface area contributed by atoms with Gasteiger partial charge in [0, 0.05) is 6.42 Å². The maximum atomic E-state index is 10.8. The highest BCUT2D eigenvalue weighted by molar-refractivity contribution is 5.75. The molecule has 0 bridgehead atoms. The summed E-state index contributed by atoms with van der Waals surface area (Å²) >= 11 is 0. The van der Waals surface area contributed by atoms with Crippen LogP contribution in [-0.4, -0.2) is 12.4 Å². The molecule has 0 fully saturated rings. The van der Waals surface area contributed by atoms with E-state index in [0.29, 0.717) is 18.9 Å². The van der Waals surface area contributed by atoms with Gasteiger partial charge < -0.3 is 4.74 Å². The van der Waals surface area contributed by atoms with E-state index >= 15 is 0 Å². The average molecular weight is 220 g/mol. The van der Waals surface area contributed by atoms with Crippen LogP contribution in [0.3, 0.4) is 0 Å². The summed E-state index contributed by atoms with van der Waals surface area (Å²) in [5.74, 6) is 1.56. The monoisotopic (exact) mass is 220 g/mol. The molecule has 0 aromatic heterocycles. The van der Waals surface area contributed by atoms with Gasteiger partial charge in [-0.05, 0) is 37.0 Å². The van der Waals surface area contributed by atoms with Crippen molar-refractivity contribution in [2.45, 2.75) is 40.0 Å². The van der Waals surface area contributed by atoms with Gasteiger partial charge in [0.25, 0.3) is 0 Å². The van der Waals surface area contributed by atoms with E-state index in [0.717, 1.165) is 11.3 Å². The molecule has 0 aliphatic rings. The fraction of sp³-hybridized carbons (Fsp3) is 0.500. The van der Waals surface area contributed by atoms with E-state index < -0.39 is 0 Å². The van der Waals surface area contributed by atoms with Crippen molar-refractivity contribution in [3.8, 4) is 5.75 Å². The number of aryl methyl sites for hydroxylation is 1. The SMILES string of the molecule is CC(=O)CCOc1cc(C(C)C)ccc1C. The number of rotatable bonds is 5. The number of Topliss-reactive ketones (excluding diaryl/α,β-unsaturated/α-hetero) is 1. The van der Waals surface area contributed by atoms with Gasteiger partial charge in [0.2, 0.25) is 0 Å². The molecule has 0 unspecified atom stereocenters. The van der Waals surface area contributed by atoms with Crippen LogP contribution in [0.4, 0.5) is 0 Å². The van der Waals surface area contributed by atoms with Crippen molar-refractivity contribution >= 4 is 5.78 Å². The fourth-order valence-corrected chi connectivity index (χ4v) is 1.44. The Hall–Kier alpha value is -1.31. The van der Waals surface area contributed by atoms with Gasteiger partial charge in [-0.1, -0.05) is 26.0 Å². The van der Waals surface area contributed by atoms with Crippen molar-refractivity contribution in [2.75, 3.05) is 6.61 Å². The third-order valence-corrected chi connectivity index (χ3v) is 2.59. The van der Waals surface area contributed by atoms with E-state index in [4.69, 9.17) is 4.74 Å². The average Bonchev–Trinajstić information content (AvgIpc) is 2.20. The van der Waals surface area contributed by atoms with E-state index in [1.165, 1.54) is 5.56 Å². The predicted octanol–water partition coefficient (Wildman–Crippen LogP) is 3.48. The largest absolute Gasteiger partial charge is 0.493 e. The Bertz CT molecular complexity index is 367. The minimum atomic E-state index is 0.165. The first-order chi connectivity index (χ1) is 7.50. The van der Waals surface area contributed by atoms with E-state index in [9.17, 15) is 4.79 Å². The van der Waals surface area contributed by atoms with Crippen LogP contribution in [0.1, 0.15) is 44.2 Å². The Morgan fingerprint density at radius 2 is 2.06 bits per heavy atom. The van der Waals surface area contributed by atoms with Crippen molar-refractivity contribution in [1.29, 1.82) is 0 Å². The molecule has 2 nitrogen and oxygen atoms in total. The van der Waals surface area contributed by atoms with Gasteiger partial charge in [0.05, 0.1) is 6.61 Å². The van der Waals surface area contributed by atoms with Gasteiger partial charge >= 0.3 is 0 Å². The zero-order chi connectivity index (χ0) is 12.1. The Morgan fingerprint density at radius 1 is 1.38 bits per heavy atom. The second-order valence-electron chi connectivity index (χ2n) is 4.48. The quantitative estimate of drug-likeness (QED) is 0.759. The lowest BCUT2D eigenvalue weighted by Crippen LogP contribution is -2.04. The summed E-state index contributed by atoms with van der Waals surface area (Å²) in [5.41, 5.74) is 2.39. The maximum absolute atomic E-state index is 10.8. The molecule has 0 aliphatic heterocycles. The number of benzene rings is 1. The van der Waals surface area contributed by atoms with E-state index in [1.54, 1.807) is 6.92 Å². The predicted molar refractivity (Wildman–Crippen MR) is 66.1 cm³/mol. The molecule has 0 spiro atoms. The van der Waals surface area contributed by atoms with Crippen molar-refractivity contribution in [2.24, 2.45) is 0 Å². The lowest BCUT2D eigenvalue weighted by atomic mass is 10.0. The summed E-state index contributed by atoms with van der Waals surface area (Å²) in [6, 6.07) is 6.26. The third-order valence-electron chi connectivity index (χ3n) is 2.59. The van der Waals surface area contributed by atoms with Crippen LogP contribution in [0.5, 0.6) is 5.75 Å². The Labute approximate surface area is 97.6 Å². The highest BCUT2D eigenvalue weighted by atomic mass is 16.5. The molecule has 0 aliphatic carbocycles. The molecule has 0 amide bonds. The number of ketones is 1. The van der Waals surface area contributed by atoms with Gasteiger partial charge in [-0.15, -0.1) is 0 Å². The minimum Gasteiger partial charge on any atom is -0.493 e. The Morgan fingerprint density at radius 3 is 2.62 bits per heavy atom. The van der Waals surface area contributed by atoms with Crippen molar-refractivity contribution in [3.63, 3.8) is 0 Å². The van der Waals surface area contributed by atoms with Crippen LogP contribution >= 0.6 is 0 Å². The molecule has 0 atom stereocenters. The molecular weight excluding hydrogens is 200 g/mol. The summed E-state index contributed by atoms with van der Waals surface area (Å²) in [4.78, 5) is 10.8. The summed E-state index contributed by atoms with van der Waals surface area (Å²) in [5, 5.41) is 0. The minimum absolute atomic E-state index is 0.165. The molecule has 1 rings (SSSR count). The van der Waals surface area contributed by atoms with Crippen LogP contribution in [0.2, 0.25) is 0 Å². The molecule has 16 heavy (non-hydrogen) atoms. The van der Waals surface area contributed by atoms with Crippen LogP contribution in [-0.2, 0) is 4.79 Å². The molecule has 0 saturated heterocycles. The van der Waals surface area contributed by atoms with Gasteiger partial charge in [-0.25, -0.2) is 0 Å². The van der Waals surface area contributed by atoms with Crippen molar-refractivity contribution in [3.05, 3.63) is 29.3 Å². The second kappa shape index (κ2) is 5.69. The Kier molecular flexibility index (Phi) is 4.53. The van der Waals surface area contributed by atoms with Gasteiger partial charge in [-0.3, -0.25) is 4.79 Å². The maximum Gasteiger partial charge on any atom is 0.133 e. The standard InChI is InChI=1S/C14H20O2/c1-10(2)13-6-5-11(3)14(9-13)16-8-7-12(4)15/h5-6,9-10H,7-8H2,1-4H3. The van der Waals surface area contributed by atoms with Gasteiger partial charge in [0.1, 0.15) is 11.5 Å². The van der Waals surface area contributed by atoms with Crippen molar-refractivity contribution in [1.82, 2.24) is 0 Å². The van der Waals surface area contributed by atoms with Crippen molar-refractivity contribution < 1.29 is 9.53 Å². The molecule has 1 aromatic carbocycles. The number of hydrogen-bond acceptors (Lipinski definition) is 2. The normalized spacial score (nSPS) is 10.6.